The average Bonchev–Trinajstić information content (AvgIpc) is 2.85. The molecule has 1 amide bonds. The summed E-state index contributed by atoms with van der Waals surface area (Å²) in [4.78, 5) is 17.4. The van der Waals surface area contributed by atoms with Crippen molar-refractivity contribution in [1.29, 1.82) is 0 Å². The lowest BCUT2D eigenvalue weighted by atomic mass is 10.2. The SMILES string of the molecule is [C-]#[N+]c1cccc(N2CC[C@@H](NC(=O)OC(C)(C)C)C2)c1. The minimum atomic E-state index is -0.480. The van der Waals surface area contributed by atoms with Gasteiger partial charge in [-0.05, 0) is 39.3 Å². The van der Waals surface area contributed by atoms with Crippen LogP contribution in [0.1, 0.15) is 27.2 Å². The van der Waals surface area contributed by atoms with E-state index in [0.717, 1.165) is 25.2 Å². The Hall–Kier alpha value is -2.22. The number of amides is 1. The largest absolute Gasteiger partial charge is 0.444 e. The number of hydrogen-bond acceptors (Lipinski definition) is 3. The molecule has 1 aliphatic rings. The van der Waals surface area contributed by atoms with Crippen molar-refractivity contribution in [2.45, 2.75) is 38.8 Å². The molecule has 1 aromatic carbocycles. The minimum Gasteiger partial charge on any atom is -0.444 e. The third-order valence-electron chi connectivity index (χ3n) is 3.23. The average molecular weight is 287 g/mol. The van der Waals surface area contributed by atoms with Crippen molar-refractivity contribution >= 4 is 17.5 Å². The molecule has 1 aromatic rings. The molecule has 0 aromatic heterocycles. The van der Waals surface area contributed by atoms with E-state index in [1.165, 1.54) is 0 Å². The van der Waals surface area contributed by atoms with E-state index in [2.05, 4.69) is 15.1 Å². The van der Waals surface area contributed by atoms with E-state index in [9.17, 15) is 4.79 Å². The summed E-state index contributed by atoms with van der Waals surface area (Å²) >= 11 is 0. The van der Waals surface area contributed by atoms with Gasteiger partial charge in [0.2, 0.25) is 0 Å². The van der Waals surface area contributed by atoms with Gasteiger partial charge in [0.25, 0.3) is 0 Å². The van der Waals surface area contributed by atoms with Crippen molar-refractivity contribution in [3.63, 3.8) is 0 Å². The summed E-state index contributed by atoms with van der Waals surface area (Å²) in [6.07, 6.45) is 0.505. The maximum absolute atomic E-state index is 11.8. The molecule has 1 fully saturated rings. The highest BCUT2D eigenvalue weighted by Crippen LogP contribution is 2.25. The van der Waals surface area contributed by atoms with Crippen molar-refractivity contribution < 1.29 is 9.53 Å². The first-order valence-corrected chi connectivity index (χ1v) is 7.09. The van der Waals surface area contributed by atoms with E-state index in [4.69, 9.17) is 11.3 Å². The van der Waals surface area contributed by atoms with Crippen LogP contribution in [0.5, 0.6) is 0 Å². The van der Waals surface area contributed by atoms with Gasteiger partial charge in [-0.2, -0.15) is 0 Å². The smallest absolute Gasteiger partial charge is 0.407 e. The van der Waals surface area contributed by atoms with Crippen LogP contribution in [-0.2, 0) is 4.74 Å². The molecule has 1 saturated heterocycles. The Bertz CT molecular complexity index is 557. The Labute approximate surface area is 125 Å². The summed E-state index contributed by atoms with van der Waals surface area (Å²) in [6.45, 7) is 14.2. The third-order valence-corrected chi connectivity index (χ3v) is 3.23. The number of alkyl carbamates (subject to hydrolysis) is 1. The molecule has 1 atom stereocenters. The zero-order valence-corrected chi connectivity index (χ0v) is 12.7. The lowest BCUT2D eigenvalue weighted by Gasteiger charge is -2.22. The minimum absolute atomic E-state index is 0.0800. The number of anilines is 1. The lowest BCUT2D eigenvalue weighted by Crippen LogP contribution is -2.40. The van der Waals surface area contributed by atoms with E-state index in [-0.39, 0.29) is 12.1 Å². The van der Waals surface area contributed by atoms with E-state index < -0.39 is 5.60 Å². The molecule has 5 nitrogen and oxygen atoms in total. The molecule has 21 heavy (non-hydrogen) atoms. The van der Waals surface area contributed by atoms with Crippen molar-refractivity contribution in [2.24, 2.45) is 0 Å². The Morgan fingerprint density at radius 3 is 2.90 bits per heavy atom. The second-order valence-electron chi connectivity index (χ2n) is 6.21. The predicted octanol–water partition coefficient (Wildman–Crippen LogP) is 3.34. The van der Waals surface area contributed by atoms with Crippen LogP contribution in [0.25, 0.3) is 4.85 Å². The van der Waals surface area contributed by atoms with Gasteiger partial charge in [-0.3, -0.25) is 0 Å². The summed E-state index contributed by atoms with van der Waals surface area (Å²) in [6, 6.07) is 7.63. The molecular formula is C16H21N3O2. The van der Waals surface area contributed by atoms with Crippen molar-refractivity contribution in [3.8, 4) is 0 Å². The molecule has 1 aliphatic heterocycles. The fourth-order valence-corrected chi connectivity index (χ4v) is 2.35. The number of carbonyl (C=O) groups is 1. The Kier molecular flexibility index (Phi) is 4.37. The quantitative estimate of drug-likeness (QED) is 0.849. The second kappa shape index (κ2) is 6.04. The molecule has 0 radical (unpaired) electrons. The number of benzene rings is 1. The van der Waals surface area contributed by atoms with Crippen molar-refractivity contribution in [1.82, 2.24) is 5.32 Å². The number of nitrogens with one attached hydrogen (secondary N) is 1. The molecule has 0 aliphatic carbocycles. The highest BCUT2D eigenvalue weighted by atomic mass is 16.6. The fourth-order valence-electron chi connectivity index (χ4n) is 2.35. The third kappa shape index (κ3) is 4.38. The van der Waals surface area contributed by atoms with E-state index >= 15 is 0 Å². The molecule has 1 N–H and O–H groups in total. The molecule has 0 bridgehead atoms. The van der Waals surface area contributed by atoms with Crippen LogP contribution in [0, 0.1) is 6.57 Å². The Balaban J connectivity index is 1.92. The summed E-state index contributed by atoms with van der Waals surface area (Å²) in [5, 5.41) is 2.90. The van der Waals surface area contributed by atoms with Crippen LogP contribution >= 0.6 is 0 Å². The van der Waals surface area contributed by atoms with E-state index in [1.807, 2.05) is 39.0 Å². The zero-order valence-electron chi connectivity index (χ0n) is 12.7. The van der Waals surface area contributed by atoms with Gasteiger partial charge in [0.05, 0.1) is 12.6 Å². The van der Waals surface area contributed by atoms with Gasteiger partial charge in [0.15, 0.2) is 5.69 Å². The second-order valence-corrected chi connectivity index (χ2v) is 6.21. The van der Waals surface area contributed by atoms with Crippen LogP contribution in [0.15, 0.2) is 24.3 Å². The Morgan fingerprint density at radius 2 is 2.24 bits per heavy atom. The number of nitrogens with zero attached hydrogens (tertiary/aromatic N) is 2. The van der Waals surface area contributed by atoms with Gasteiger partial charge < -0.3 is 15.0 Å². The number of carbonyl (C=O) groups excluding carboxylic acids is 1. The number of rotatable bonds is 2. The van der Waals surface area contributed by atoms with Gasteiger partial charge in [-0.25, -0.2) is 9.64 Å². The predicted molar refractivity (Wildman–Crippen MR) is 82.7 cm³/mol. The van der Waals surface area contributed by atoms with Crippen molar-refractivity contribution in [2.75, 3.05) is 18.0 Å². The highest BCUT2D eigenvalue weighted by Gasteiger charge is 2.26. The van der Waals surface area contributed by atoms with Crippen LogP contribution in [0.2, 0.25) is 0 Å². The summed E-state index contributed by atoms with van der Waals surface area (Å²) < 4.78 is 5.27. The monoisotopic (exact) mass is 287 g/mol. The number of ether oxygens (including phenoxy) is 1. The lowest BCUT2D eigenvalue weighted by molar-refractivity contribution is 0.0509. The Morgan fingerprint density at radius 1 is 1.48 bits per heavy atom. The van der Waals surface area contributed by atoms with Gasteiger partial charge in [0.1, 0.15) is 5.60 Å². The standard InChI is InChI=1S/C16H21N3O2/c1-16(2,3)21-15(20)18-13-8-9-19(11-13)14-7-5-6-12(10-14)17-4/h5-7,10,13H,8-9,11H2,1-3H3,(H,18,20)/t13-/m1/s1. The maximum atomic E-state index is 11.8. The molecule has 1 heterocycles. The topological polar surface area (TPSA) is 45.9 Å². The molecular weight excluding hydrogens is 266 g/mol. The van der Waals surface area contributed by atoms with Crippen LogP contribution in [-0.4, -0.2) is 30.8 Å². The van der Waals surface area contributed by atoms with Gasteiger partial charge in [-0.1, -0.05) is 12.1 Å². The summed E-state index contributed by atoms with van der Waals surface area (Å²) in [5.74, 6) is 0. The first-order valence-electron chi connectivity index (χ1n) is 7.09. The van der Waals surface area contributed by atoms with Crippen LogP contribution < -0.4 is 10.2 Å². The number of hydrogen-bond donors (Lipinski definition) is 1. The molecule has 0 saturated carbocycles. The summed E-state index contributed by atoms with van der Waals surface area (Å²) in [7, 11) is 0. The fraction of sp³-hybridized carbons (Fsp3) is 0.500. The van der Waals surface area contributed by atoms with Crippen LogP contribution in [0.4, 0.5) is 16.2 Å². The van der Waals surface area contributed by atoms with Gasteiger partial charge in [0, 0.05) is 18.8 Å². The molecule has 112 valence electrons. The highest BCUT2D eigenvalue weighted by molar-refractivity contribution is 5.68. The maximum Gasteiger partial charge on any atom is 0.407 e. The molecule has 0 spiro atoms. The van der Waals surface area contributed by atoms with E-state index in [0.29, 0.717) is 5.69 Å². The molecule has 2 rings (SSSR count). The van der Waals surface area contributed by atoms with Gasteiger partial charge in [-0.15, -0.1) is 0 Å². The van der Waals surface area contributed by atoms with Gasteiger partial charge >= 0.3 is 6.09 Å². The zero-order chi connectivity index (χ0) is 15.5. The summed E-state index contributed by atoms with van der Waals surface area (Å²) in [5.41, 5.74) is 1.18. The first-order chi connectivity index (χ1) is 9.87. The van der Waals surface area contributed by atoms with Crippen LogP contribution in [0.3, 0.4) is 0 Å². The molecule has 5 heteroatoms. The van der Waals surface area contributed by atoms with Crippen molar-refractivity contribution in [3.05, 3.63) is 35.7 Å². The molecule has 0 unspecified atom stereocenters. The normalized spacial score (nSPS) is 18.2. The van der Waals surface area contributed by atoms with E-state index in [1.54, 1.807) is 6.07 Å². The first kappa shape index (κ1) is 15.2.